The number of aromatic amines is 2. The Morgan fingerprint density at radius 1 is 1.35 bits per heavy atom. The number of nitriles is 1. The van der Waals surface area contributed by atoms with Gasteiger partial charge in [0.1, 0.15) is 23.0 Å². The number of pyridine rings is 1. The normalized spacial score (nSPS) is 13.8. The van der Waals surface area contributed by atoms with Gasteiger partial charge in [0, 0.05) is 28.9 Å². The van der Waals surface area contributed by atoms with Gasteiger partial charge in [-0.1, -0.05) is 13.0 Å². The van der Waals surface area contributed by atoms with Crippen molar-refractivity contribution in [2.24, 2.45) is 0 Å². The number of nitrogens with one attached hydrogen (secondary N) is 2. The molecule has 6 nitrogen and oxygen atoms in total. The van der Waals surface area contributed by atoms with E-state index in [4.69, 9.17) is 5.26 Å². The number of rotatable bonds is 3. The summed E-state index contributed by atoms with van der Waals surface area (Å²) in [7, 11) is 0. The summed E-state index contributed by atoms with van der Waals surface area (Å²) >= 11 is 0. The van der Waals surface area contributed by atoms with Crippen molar-refractivity contribution < 1.29 is 5.11 Å². The molecule has 4 rings (SSSR count). The zero-order valence-corrected chi connectivity index (χ0v) is 14.9. The van der Waals surface area contributed by atoms with E-state index in [1.807, 2.05) is 12.3 Å². The highest BCUT2D eigenvalue weighted by Crippen LogP contribution is 2.37. The first-order valence-electron chi connectivity index (χ1n) is 8.54. The molecule has 0 amide bonds. The largest absolute Gasteiger partial charge is 0.377 e. The van der Waals surface area contributed by atoms with Gasteiger partial charge in [0.25, 0.3) is 0 Å². The van der Waals surface area contributed by atoms with Crippen LogP contribution in [-0.2, 0) is 12.0 Å². The molecule has 0 bridgehead atoms. The SMILES string of the molecule is CCc1cc(C)c2[nH]ccc2c1C(C)(O)c1nc2cc(C#N)cnc2[nH]1. The highest BCUT2D eigenvalue weighted by atomic mass is 16.3. The third kappa shape index (κ3) is 2.29. The Hall–Kier alpha value is -3.17. The van der Waals surface area contributed by atoms with E-state index < -0.39 is 5.60 Å². The molecule has 6 heteroatoms. The number of fused-ring (bicyclic) bond motifs is 2. The van der Waals surface area contributed by atoms with Crippen LogP contribution < -0.4 is 0 Å². The quantitative estimate of drug-likeness (QED) is 0.529. The molecule has 0 radical (unpaired) electrons. The van der Waals surface area contributed by atoms with Crippen LogP contribution in [0.2, 0.25) is 0 Å². The molecule has 26 heavy (non-hydrogen) atoms. The van der Waals surface area contributed by atoms with E-state index >= 15 is 0 Å². The van der Waals surface area contributed by atoms with Gasteiger partial charge < -0.3 is 15.1 Å². The van der Waals surface area contributed by atoms with Crippen LogP contribution in [0, 0.1) is 18.3 Å². The van der Waals surface area contributed by atoms with E-state index in [9.17, 15) is 5.11 Å². The van der Waals surface area contributed by atoms with E-state index in [0.29, 0.717) is 22.6 Å². The number of imidazole rings is 1. The Kier molecular flexibility index (Phi) is 3.56. The van der Waals surface area contributed by atoms with Gasteiger partial charge in [-0.25, -0.2) is 9.97 Å². The monoisotopic (exact) mass is 345 g/mol. The Labute approximate surface area is 150 Å². The van der Waals surface area contributed by atoms with E-state index in [1.165, 1.54) is 6.20 Å². The van der Waals surface area contributed by atoms with E-state index in [1.54, 1.807) is 13.0 Å². The second kappa shape index (κ2) is 5.68. The van der Waals surface area contributed by atoms with Crippen LogP contribution in [0.4, 0.5) is 0 Å². The minimum atomic E-state index is -1.33. The van der Waals surface area contributed by atoms with Gasteiger partial charge in [-0.2, -0.15) is 5.26 Å². The summed E-state index contributed by atoms with van der Waals surface area (Å²) in [5.74, 6) is 0.413. The van der Waals surface area contributed by atoms with Crippen LogP contribution in [0.25, 0.3) is 22.1 Å². The molecular formula is C20H19N5O. The number of benzene rings is 1. The fourth-order valence-electron chi connectivity index (χ4n) is 3.64. The third-order valence-corrected chi connectivity index (χ3v) is 4.92. The third-order valence-electron chi connectivity index (χ3n) is 4.92. The van der Waals surface area contributed by atoms with Crippen molar-refractivity contribution in [2.45, 2.75) is 32.8 Å². The van der Waals surface area contributed by atoms with Crippen LogP contribution in [0.5, 0.6) is 0 Å². The molecule has 3 aromatic heterocycles. The van der Waals surface area contributed by atoms with Gasteiger partial charge in [-0.15, -0.1) is 0 Å². The Bertz CT molecular complexity index is 1180. The molecule has 0 fully saturated rings. The van der Waals surface area contributed by atoms with Crippen LogP contribution >= 0.6 is 0 Å². The van der Waals surface area contributed by atoms with E-state index in [0.717, 1.165) is 34.0 Å². The summed E-state index contributed by atoms with van der Waals surface area (Å²) in [6.45, 7) is 5.88. The number of aromatic nitrogens is 4. The lowest BCUT2D eigenvalue weighted by atomic mass is 9.85. The van der Waals surface area contributed by atoms with Crippen LogP contribution in [0.1, 0.15) is 41.9 Å². The maximum absolute atomic E-state index is 11.5. The summed E-state index contributed by atoms with van der Waals surface area (Å²) in [5, 5.41) is 21.5. The van der Waals surface area contributed by atoms with Gasteiger partial charge in [0.05, 0.1) is 5.56 Å². The minimum Gasteiger partial charge on any atom is -0.377 e. The molecule has 0 aliphatic rings. The average Bonchev–Trinajstić information content (AvgIpc) is 3.27. The van der Waals surface area contributed by atoms with Gasteiger partial charge >= 0.3 is 0 Å². The number of H-pyrrole nitrogens is 2. The predicted octanol–water partition coefficient (Wildman–Crippen LogP) is 3.44. The first-order valence-corrected chi connectivity index (χ1v) is 8.54. The predicted molar refractivity (Wildman–Crippen MR) is 99.7 cm³/mol. The van der Waals surface area contributed by atoms with Crippen molar-refractivity contribution >= 4 is 22.1 Å². The molecular weight excluding hydrogens is 326 g/mol. The second-order valence-corrected chi connectivity index (χ2v) is 6.71. The summed E-state index contributed by atoms with van der Waals surface area (Å²) in [5.41, 5.74) is 4.29. The summed E-state index contributed by atoms with van der Waals surface area (Å²) in [6.07, 6.45) is 4.17. The molecule has 3 N–H and O–H groups in total. The lowest BCUT2D eigenvalue weighted by Crippen LogP contribution is -2.26. The smallest absolute Gasteiger partial charge is 0.157 e. The Balaban J connectivity index is 1.97. The summed E-state index contributed by atoms with van der Waals surface area (Å²) < 4.78 is 0. The first-order chi connectivity index (χ1) is 12.5. The maximum Gasteiger partial charge on any atom is 0.157 e. The van der Waals surface area contributed by atoms with Gasteiger partial charge in [0.2, 0.25) is 0 Å². The fraction of sp³-hybridized carbons (Fsp3) is 0.250. The first kappa shape index (κ1) is 16.3. The van der Waals surface area contributed by atoms with Crippen molar-refractivity contribution in [3.63, 3.8) is 0 Å². The van der Waals surface area contributed by atoms with Crippen molar-refractivity contribution in [3.05, 3.63) is 58.7 Å². The van der Waals surface area contributed by atoms with Gasteiger partial charge in [-0.05, 0) is 43.5 Å². The van der Waals surface area contributed by atoms with E-state index in [2.05, 4.69) is 45.9 Å². The molecule has 0 saturated heterocycles. The fourth-order valence-corrected chi connectivity index (χ4v) is 3.64. The van der Waals surface area contributed by atoms with Crippen molar-refractivity contribution in [3.8, 4) is 6.07 Å². The molecule has 0 aliphatic carbocycles. The van der Waals surface area contributed by atoms with Gasteiger partial charge in [-0.3, -0.25) is 0 Å². The number of aliphatic hydroxyl groups is 1. The lowest BCUT2D eigenvalue weighted by Gasteiger charge is -2.26. The number of hydrogen-bond donors (Lipinski definition) is 3. The van der Waals surface area contributed by atoms with Crippen LogP contribution in [-0.4, -0.2) is 25.0 Å². The highest BCUT2D eigenvalue weighted by molar-refractivity contribution is 5.88. The zero-order valence-electron chi connectivity index (χ0n) is 14.9. The highest BCUT2D eigenvalue weighted by Gasteiger charge is 2.34. The Morgan fingerprint density at radius 2 is 2.15 bits per heavy atom. The second-order valence-electron chi connectivity index (χ2n) is 6.71. The number of hydrogen-bond acceptors (Lipinski definition) is 4. The van der Waals surface area contributed by atoms with Crippen LogP contribution in [0.15, 0.2) is 30.6 Å². The number of aryl methyl sites for hydroxylation is 2. The molecule has 130 valence electrons. The Morgan fingerprint density at radius 3 is 2.88 bits per heavy atom. The van der Waals surface area contributed by atoms with Crippen molar-refractivity contribution in [1.29, 1.82) is 5.26 Å². The molecule has 0 aliphatic heterocycles. The number of nitrogens with zero attached hydrogens (tertiary/aromatic N) is 3. The summed E-state index contributed by atoms with van der Waals surface area (Å²) in [6, 6.07) is 7.82. The molecule has 1 aromatic carbocycles. The van der Waals surface area contributed by atoms with Crippen molar-refractivity contribution in [2.75, 3.05) is 0 Å². The molecule has 1 atom stereocenters. The van der Waals surface area contributed by atoms with Crippen LogP contribution in [0.3, 0.4) is 0 Å². The van der Waals surface area contributed by atoms with E-state index in [-0.39, 0.29) is 0 Å². The lowest BCUT2D eigenvalue weighted by molar-refractivity contribution is 0.0941. The molecule has 1 unspecified atom stereocenters. The standard InChI is InChI=1S/C20H19N5O/c1-4-13-7-11(2)17-14(5-6-22-17)16(13)20(3,26)19-24-15-8-12(9-21)10-23-18(15)25-19/h5-8,10,22,26H,4H2,1-3H3,(H,23,24,25). The molecule has 0 saturated carbocycles. The maximum atomic E-state index is 11.5. The summed E-state index contributed by atoms with van der Waals surface area (Å²) in [4.78, 5) is 15.1. The molecule has 4 aromatic rings. The zero-order chi connectivity index (χ0) is 18.5. The molecule has 3 heterocycles. The topological polar surface area (TPSA) is 101 Å². The molecule has 0 spiro atoms. The van der Waals surface area contributed by atoms with Gasteiger partial charge in [0.15, 0.2) is 5.65 Å². The van der Waals surface area contributed by atoms with Crippen molar-refractivity contribution in [1.82, 2.24) is 19.9 Å². The average molecular weight is 345 g/mol. The minimum absolute atomic E-state index is 0.413.